The van der Waals surface area contributed by atoms with Gasteiger partial charge in [0.15, 0.2) is 5.82 Å². The highest BCUT2D eigenvalue weighted by Crippen LogP contribution is 2.03. The van der Waals surface area contributed by atoms with E-state index in [9.17, 15) is 4.79 Å². The average Bonchev–Trinajstić information content (AvgIpc) is 2.89. The Morgan fingerprint density at radius 1 is 1.62 bits per heavy atom. The van der Waals surface area contributed by atoms with Crippen molar-refractivity contribution in [3.8, 4) is 0 Å². The molecule has 2 rings (SSSR count). The minimum absolute atomic E-state index is 0.103. The monoisotopic (exact) mass is 221 g/mol. The Kier molecular flexibility index (Phi) is 2.95. The van der Waals surface area contributed by atoms with E-state index in [-0.39, 0.29) is 5.82 Å². The molecule has 0 bridgehead atoms. The molecule has 0 aliphatic heterocycles. The Hall–Kier alpha value is -2.18. The van der Waals surface area contributed by atoms with Gasteiger partial charge in [0.2, 0.25) is 5.82 Å². The number of aromatic amines is 1. The first-order valence-electron chi connectivity index (χ1n) is 4.92. The molecule has 2 N–H and O–H groups in total. The summed E-state index contributed by atoms with van der Waals surface area (Å²) in [7, 11) is 0. The van der Waals surface area contributed by atoms with Gasteiger partial charge in [-0.05, 0) is 6.42 Å². The normalized spacial score (nSPS) is 10.3. The van der Waals surface area contributed by atoms with Crippen LogP contribution in [0.3, 0.4) is 0 Å². The zero-order chi connectivity index (χ0) is 11.4. The van der Waals surface area contributed by atoms with Crippen LogP contribution < -0.4 is 5.32 Å². The van der Waals surface area contributed by atoms with Crippen molar-refractivity contribution in [1.82, 2.24) is 20.3 Å². The van der Waals surface area contributed by atoms with Crippen molar-refractivity contribution in [2.24, 2.45) is 0 Å². The second-order valence-corrected chi connectivity index (χ2v) is 3.19. The minimum atomic E-state index is -0.410. The summed E-state index contributed by atoms with van der Waals surface area (Å²) in [5.74, 6) is 0.735. The van der Waals surface area contributed by atoms with E-state index in [1.807, 2.05) is 6.92 Å². The minimum Gasteiger partial charge on any atom is -0.363 e. The molecule has 2 aromatic rings. The smallest absolute Gasteiger partial charge is 0.296 e. The molecule has 0 fully saturated rings. The Bertz CT molecular complexity index is 462. The van der Waals surface area contributed by atoms with Gasteiger partial charge < -0.3 is 9.84 Å². The Balaban J connectivity index is 2.03. The Morgan fingerprint density at radius 2 is 2.50 bits per heavy atom. The molecular formula is C9H11N5O2. The van der Waals surface area contributed by atoms with E-state index < -0.39 is 5.91 Å². The lowest BCUT2D eigenvalue weighted by Gasteiger charge is -1.94. The summed E-state index contributed by atoms with van der Waals surface area (Å²) in [6.07, 6.45) is 3.08. The molecule has 0 saturated heterocycles. The number of carbonyl (C=O) groups is 1. The van der Waals surface area contributed by atoms with Crippen molar-refractivity contribution in [1.29, 1.82) is 0 Å². The van der Waals surface area contributed by atoms with Crippen LogP contribution >= 0.6 is 0 Å². The van der Waals surface area contributed by atoms with E-state index in [1.165, 1.54) is 12.3 Å². The molecule has 0 atom stereocenters. The maximum absolute atomic E-state index is 11.6. The number of carbonyl (C=O) groups excluding carboxylic acids is 1. The maximum atomic E-state index is 11.6. The van der Waals surface area contributed by atoms with Crippen molar-refractivity contribution < 1.29 is 9.32 Å². The first kappa shape index (κ1) is 10.3. The molecule has 0 aliphatic rings. The van der Waals surface area contributed by atoms with Crippen LogP contribution in [0.25, 0.3) is 0 Å². The fourth-order valence-corrected chi connectivity index (χ4v) is 1.19. The van der Waals surface area contributed by atoms with Crippen LogP contribution in [0.2, 0.25) is 0 Å². The predicted molar refractivity (Wildman–Crippen MR) is 54.8 cm³/mol. The highest BCUT2D eigenvalue weighted by Gasteiger charge is 2.13. The molecular weight excluding hydrogens is 210 g/mol. The van der Waals surface area contributed by atoms with E-state index >= 15 is 0 Å². The second-order valence-electron chi connectivity index (χ2n) is 3.19. The van der Waals surface area contributed by atoms with Crippen LogP contribution in [0.5, 0.6) is 0 Å². The van der Waals surface area contributed by atoms with Crippen LogP contribution in [0.15, 0.2) is 16.9 Å². The van der Waals surface area contributed by atoms with Gasteiger partial charge in [-0.2, -0.15) is 0 Å². The SMILES string of the molecule is CCCc1nc(C(=O)Nc2ccon2)n[nH]1. The van der Waals surface area contributed by atoms with E-state index in [0.29, 0.717) is 11.6 Å². The molecule has 0 radical (unpaired) electrons. The summed E-state index contributed by atoms with van der Waals surface area (Å²) in [4.78, 5) is 15.6. The topological polar surface area (TPSA) is 96.7 Å². The molecule has 7 nitrogen and oxygen atoms in total. The summed E-state index contributed by atoms with van der Waals surface area (Å²) in [6, 6.07) is 1.54. The van der Waals surface area contributed by atoms with Gasteiger partial charge >= 0.3 is 0 Å². The highest BCUT2D eigenvalue weighted by molar-refractivity contribution is 6.00. The Morgan fingerprint density at radius 3 is 3.19 bits per heavy atom. The molecule has 84 valence electrons. The first-order chi connectivity index (χ1) is 7.79. The summed E-state index contributed by atoms with van der Waals surface area (Å²) < 4.78 is 4.58. The molecule has 16 heavy (non-hydrogen) atoms. The molecule has 0 aliphatic carbocycles. The van der Waals surface area contributed by atoms with Crippen molar-refractivity contribution in [3.63, 3.8) is 0 Å². The van der Waals surface area contributed by atoms with Crippen molar-refractivity contribution in [2.75, 3.05) is 5.32 Å². The third kappa shape index (κ3) is 2.25. The summed E-state index contributed by atoms with van der Waals surface area (Å²) >= 11 is 0. The number of hydrogen-bond acceptors (Lipinski definition) is 5. The third-order valence-corrected chi connectivity index (χ3v) is 1.90. The second kappa shape index (κ2) is 4.56. The van der Waals surface area contributed by atoms with Crippen LogP contribution in [0, 0.1) is 0 Å². The quantitative estimate of drug-likeness (QED) is 0.802. The van der Waals surface area contributed by atoms with Crippen molar-refractivity contribution >= 4 is 11.7 Å². The van der Waals surface area contributed by atoms with Gasteiger partial charge in [0.25, 0.3) is 5.91 Å². The number of rotatable bonds is 4. The van der Waals surface area contributed by atoms with Gasteiger partial charge in [-0.1, -0.05) is 12.1 Å². The first-order valence-corrected chi connectivity index (χ1v) is 4.92. The number of H-pyrrole nitrogens is 1. The zero-order valence-corrected chi connectivity index (χ0v) is 8.73. The van der Waals surface area contributed by atoms with Crippen molar-refractivity contribution in [2.45, 2.75) is 19.8 Å². The molecule has 0 saturated carbocycles. The fourth-order valence-electron chi connectivity index (χ4n) is 1.19. The number of anilines is 1. The lowest BCUT2D eigenvalue weighted by atomic mass is 10.3. The predicted octanol–water partition coefficient (Wildman–Crippen LogP) is 0.997. The standard InChI is InChI=1S/C9H11N5O2/c1-2-3-6-10-8(13-12-6)9(15)11-7-4-5-16-14-7/h4-5H,2-3H2,1H3,(H,10,12,13)(H,11,14,15). The highest BCUT2D eigenvalue weighted by atomic mass is 16.5. The largest absolute Gasteiger partial charge is 0.363 e. The molecule has 2 heterocycles. The number of amides is 1. The van der Waals surface area contributed by atoms with E-state index in [1.54, 1.807) is 0 Å². The number of aromatic nitrogens is 4. The Labute approximate surface area is 91.2 Å². The molecule has 0 unspecified atom stereocenters. The zero-order valence-electron chi connectivity index (χ0n) is 8.73. The fraction of sp³-hybridized carbons (Fsp3) is 0.333. The van der Waals surface area contributed by atoms with Crippen LogP contribution in [-0.2, 0) is 6.42 Å². The maximum Gasteiger partial charge on any atom is 0.296 e. The summed E-state index contributed by atoms with van der Waals surface area (Å²) in [5, 5.41) is 12.6. The van der Waals surface area contributed by atoms with Crippen LogP contribution in [-0.4, -0.2) is 26.2 Å². The molecule has 0 spiro atoms. The number of aryl methyl sites for hydroxylation is 1. The average molecular weight is 221 g/mol. The van der Waals surface area contributed by atoms with Gasteiger partial charge in [-0.3, -0.25) is 9.89 Å². The number of nitrogens with one attached hydrogen (secondary N) is 2. The molecule has 2 aromatic heterocycles. The van der Waals surface area contributed by atoms with Gasteiger partial charge in [-0.15, -0.1) is 5.10 Å². The lowest BCUT2D eigenvalue weighted by Crippen LogP contribution is -2.14. The number of hydrogen-bond donors (Lipinski definition) is 2. The molecule has 7 heteroatoms. The summed E-state index contributed by atoms with van der Waals surface area (Å²) in [6.45, 7) is 2.03. The lowest BCUT2D eigenvalue weighted by molar-refractivity contribution is 0.101. The molecule has 0 aromatic carbocycles. The number of nitrogens with zero attached hydrogens (tertiary/aromatic N) is 3. The van der Waals surface area contributed by atoms with Crippen molar-refractivity contribution in [3.05, 3.63) is 24.0 Å². The van der Waals surface area contributed by atoms with E-state index in [4.69, 9.17) is 0 Å². The third-order valence-electron chi connectivity index (χ3n) is 1.90. The van der Waals surface area contributed by atoms with E-state index in [2.05, 4.69) is 30.2 Å². The van der Waals surface area contributed by atoms with Crippen LogP contribution in [0.4, 0.5) is 5.82 Å². The summed E-state index contributed by atoms with van der Waals surface area (Å²) in [5.41, 5.74) is 0. The van der Waals surface area contributed by atoms with Crippen LogP contribution in [0.1, 0.15) is 29.8 Å². The van der Waals surface area contributed by atoms with Gasteiger partial charge in [0.1, 0.15) is 12.1 Å². The van der Waals surface area contributed by atoms with Gasteiger partial charge in [0.05, 0.1) is 0 Å². The van der Waals surface area contributed by atoms with Gasteiger partial charge in [-0.25, -0.2) is 4.98 Å². The van der Waals surface area contributed by atoms with E-state index in [0.717, 1.165) is 12.8 Å². The molecule has 1 amide bonds. The van der Waals surface area contributed by atoms with Gasteiger partial charge in [0, 0.05) is 12.5 Å².